The second kappa shape index (κ2) is 10.5. The van der Waals surface area contributed by atoms with Crippen molar-refractivity contribution in [1.29, 1.82) is 0 Å². The standard InChI is InChI=1S/C26H28ClN9O2/c1-17-20(2-5-25(31-17)34-10-18-6-19(11-34)15-38-14-18)12-35-13-22(9-30-35)26(37)28-8-21-7-23(27)3-4-24(21)36-16-29-32-33-36/h2-5,7,9,13,16,18-19H,6,8,10-12,14-15H2,1H3,(H,28,37). The number of nitrogens with one attached hydrogen (secondary N) is 1. The van der Waals surface area contributed by atoms with Crippen molar-refractivity contribution in [2.45, 2.75) is 26.4 Å². The minimum absolute atomic E-state index is 0.233. The number of hydrogen-bond donors (Lipinski definition) is 1. The average molecular weight is 534 g/mol. The molecule has 1 N–H and O–H groups in total. The predicted molar refractivity (Wildman–Crippen MR) is 140 cm³/mol. The fourth-order valence-corrected chi connectivity index (χ4v) is 5.47. The highest BCUT2D eigenvalue weighted by Gasteiger charge is 2.31. The second-order valence-corrected chi connectivity index (χ2v) is 10.4. The highest BCUT2D eigenvalue weighted by molar-refractivity contribution is 6.30. The maximum atomic E-state index is 12.9. The minimum atomic E-state index is -0.233. The number of aryl methyl sites for hydroxylation is 1. The van der Waals surface area contributed by atoms with Gasteiger partial charge in [-0.05, 0) is 59.2 Å². The van der Waals surface area contributed by atoms with Gasteiger partial charge in [0.1, 0.15) is 12.1 Å². The third kappa shape index (κ3) is 5.25. The molecule has 4 aromatic rings. The van der Waals surface area contributed by atoms with Gasteiger partial charge in [0.15, 0.2) is 0 Å². The molecular formula is C26H28ClN9O2. The molecule has 2 fully saturated rings. The van der Waals surface area contributed by atoms with Crippen LogP contribution in [0.5, 0.6) is 0 Å². The smallest absolute Gasteiger partial charge is 0.254 e. The van der Waals surface area contributed by atoms with Crippen LogP contribution in [0, 0.1) is 18.8 Å². The first-order valence-corrected chi connectivity index (χ1v) is 13.0. The van der Waals surface area contributed by atoms with E-state index in [4.69, 9.17) is 21.3 Å². The van der Waals surface area contributed by atoms with Crippen LogP contribution in [0.3, 0.4) is 0 Å². The molecule has 0 spiro atoms. The van der Waals surface area contributed by atoms with Gasteiger partial charge in [-0.2, -0.15) is 5.10 Å². The molecule has 2 saturated heterocycles. The van der Waals surface area contributed by atoms with E-state index in [1.54, 1.807) is 29.2 Å². The van der Waals surface area contributed by atoms with Crippen LogP contribution in [0.25, 0.3) is 5.69 Å². The molecule has 3 aromatic heterocycles. The molecule has 5 heterocycles. The summed E-state index contributed by atoms with van der Waals surface area (Å²) in [4.78, 5) is 20.2. The maximum absolute atomic E-state index is 12.9. The van der Waals surface area contributed by atoms with Crippen molar-refractivity contribution < 1.29 is 9.53 Å². The van der Waals surface area contributed by atoms with E-state index >= 15 is 0 Å². The molecule has 2 bridgehead atoms. The number of amides is 1. The molecule has 2 aliphatic rings. The third-order valence-corrected chi connectivity index (χ3v) is 7.38. The maximum Gasteiger partial charge on any atom is 0.254 e. The summed E-state index contributed by atoms with van der Waals surface area (Å²) in [5.74, 6) is 1.96. The summed E-state index contributed by atoms with van der Waals surface area (Å²) in [6.45, 7) is 6.49. The van der Waals surface area contributed by atoms with Crippen molar-refractivity contribution in [2.24, 2.45) is 11.8 Å². The van der Waals surface area contributed by atoms with Gasteiger partial charge >= 0.3 is 0 Å². The van der Waals surface area contributed by atoms with Gasteiger partial charge < -0.3 is 15.0 Å². The first kappa shape index (κ1) is 24.5. The molecule has 196 valence electrons. The zero-order valence-electron chi connectivity index (χ0n) is 21.0. The van der Waals surface area contributed by atoms with Crippen molar-refractivity contribution in [1.82, 2.24) is 40.3 Å². The van der Waals surface area contributed by atoms with Crippen molar-refractivity contribution in [3.8, 4) is 5.69 Å². The Labute approximate surface area is 224 Å². The first-order chi connectivity index (χ1) is 18.5. The Bertz CT molecular complexity index is 1430. The molecule has 1 amide bonds. The average Bonchev–Trinajstić information content (AvgIpc) is 3.61. The van der Waals surface area contributed by atoms with E-state index in [0.717, 1.165) is 54.6 Å². The molecular weight excluding hydrogens is 506 g/mol. The fourth-order valence-electron chi connectivity index (χ4n) is 5.28. The first-order valence-electron chi connectivity index (χ1n) is 12.6. The van der Waals surface area contributed by atoms with E-state index in [9.17, 15) is 4.79 Å². The van der Waals surface area contributed by atoms with Gasteiger partial charge in [-0.1, -0.05) is 17.7 Å². The molecule has 12 heteroatoms. The molecule has 0 saturated carbocycles. The highest BCUT2D eigenvalue weighted by atomic mass is 35.5. The molecule has 38 heavy (non-hydrogen) atoms. The van der Waals surface area contributed by atoms with Crippen molar-refractivity contribution in [2.75, 3.05) is 31.2 Å². The van der Waals surface area contributed by atoms with E-state index in [1.165, 1.54) is 17.4 Å². The molecule has 2 unspecified atom stereocenters. The summed E-state index contributed by atoms with van der Waals surface area (Å²) in [5.41, 5.74) is 4.03. The van der Waals surface area contributed by atoms with E-state index in [1.807, 2.05) is 13.0 Å². The third-order valence-electron chi connectivity index (χ3n) is 7.14. The Balaban J connectivity index is 1.09. The van der Waals surface area contributed by atoms with Crippen molar-refractivity contribution >= 4 is 23.3 Å². The van der Waals surface area contributed by atoms with Gasteiger partial charge in [0, 0.05) is 48.4 Å². The van der Waals surface area contributed by atoms with Crippen LogP contribution in [0.15, 0.2) is 49.1 Å². The number of carbonyl (C=O) groups is 1. The Morgan fingerprint density at radius 3 is 2.76 bits per heavy atom. The fraction of sp³-hybridized carbons (Fsp3) is 0.385. The largest absolute Gasteiger partial charge is 0.381 e. The van der Waals surface area contributed by atoms with Gasteiger partial charge in [0.25, 0.3) is 5.91 Å². The van der Waals surface area contributed by atoms with Gasteiger partial charge in [-0.3, -0.25) is 9.48 Å². The summed E-state index contributed by atoms with van der Waals surface area (Å²) in [7, 11) is 0. The lowest BCUT2D eigenvalue weighted by Crippen LogP contribution is -2.47. The highest BCUT2D eigenvalue weighted by Crippen LogP contribution is 2.30. The number of ether oxygens (including phenoxy) is 1. The number of halogens is 1. The van der Waals surface area contributed by atoms with Gasteiger partial charge in [-0.15, -0.1) is 5.10 Å². The molecule has 2 atom stereocenters. The SMILES string of the molecule is Cc1nc(N2CC3COCC(C3)C2)ccc1Cn1cc(C(=O)NCc2cc(Cl)ccc2-n2cnnn2)cn1. The van der Waals surface area contributed by atoms with E-state index in [-0.39, 0.29) is 12.5 Å². The number of nitrogens with zero attached hydrogens (tertiary/aromatic N) is 8. The van der Waals surface area contributed by atoms with Crippen molar-refractivity contribution in [3.63, 3.8) is 0 Å². The lowest BCUT2D eigenvalue weighted by atomic mass is 9.88. The Kier molecular flexibility index (Phi) is 6.77. The van der Waals surface area contributed by atoms with Crippen LogP contribution < -0.4 is 10.2 Å². The van der Waals surface area contributed by atoms with Crippen molar-refractivity contribution in [3.05, 3.63) is 76.5 Å². The Morgan fingerprint density at radius 2 is 2.00 bits per heavy atom. The minimum Gasteiger partial charge on any atom is -0.381 e. The quantitative estimate of drug-likeness (QED) is 0.385. The van der Waals surface area contributed by atoms with E-state index in [2.05, 4.69) is 43.0 Å². The molecule has 0 aliphatic carbocycles. The number of rotatable bonds is 7. The second-order valence-electron chi connectivity index (χ2n) is 9.96. The van der Waals surface area contributed by atoms with Crippen LogP contribution in [-0.2, 0) is 17.8 Å². The number of fused-ring (bicyclic) bond motifs is 2. The van der Waals surface area contributed by atoms with Gasteiger partial charge in [-0.25, -0.2) is 9.67 Å². The topological polar surface area (TPSA) is 116 Å². The zero-order chi connectivity index (χ0) is 26.1. The van der Waals surface area contributed by atoms with E-state index < -0.39 is 0 Å². The normalized spacial score (nSPS) is 18.9. The summed E-state index contributed by atoms with van der Waals surface area (Å²) in [6.07, 6.45) is 6.06. The molecule has 1 aromatic carbocycles. The van der Waals surface area contributed by atoms with Crippen LogP contribution in [0.4, 0.5) is 5.82 Å². The monoisotopic (exact) mass is 533 g/mol. The summed E-state index contributed by atoms with van der Waals surface area (Å²) >= 11 is 6.18. The van der Waals surface area contributed by atoms with Crippen LogP contribution in [0.2, 0.25) is 5.02 Å². The number of piperidine rings is 1. The van der Waals surface area contributed by atoms with Crippen LogP contribution in [0.1, 0.15) is 33.6 Å². The lowest BCUT2D eigenvalue weighted by Gasteiger charge is -2.41. The number of aromatic nitrogens is 7. The van der Waals surface area contributed by atoms with Gasteiger partial charge in [0.05, 0.1) is 37.2 Å². The number of hydrogen-bond acceptors (Lipinski definition) is 8. The predicted octanol–water partition coefficient (Wildman–Crippen LogP) is 2.67. The van der Waals surface area contributed by atoms with Crippen LogP contribution in [-0.4, -0.2) is 67.2 Å². The number of pyridine rings is 1. The number of benzene rings is 1. The summed E-state index contributed by atoms with van der Waals surface area (Å²) in [6, 6.07) is 9.55. The zero-order valence-corrected chi connectivity index (χ0v) is 21.8. The summed E-state index contributed by atoms with van der Waals surface area (Å²) in [5, 5.41) is 19.2. The molecule has 11 nitrogen and oxygen atoms in total. The van der Waals surface area contributed by atoms with Gasteiger partial charge in [0.2, 0.25) is 0 Å². The number of tetrazole rings is 1. The molecule has 2 aliphatic heterocycles. The Hall–Kier alpha value is -3.83. The number of carbonyl (C=O) groups excluding carboxylic acids is 1. The number of anilines is 1. The van der Waals surface area contributed by atoms with E-state index in [0.29, 0.717) is 29.0 Å². The Morgan fingerprint density at radius 1 is 1.16 bits per heavy atom. The molecule has 0 radical (unpaired) electrons. The lowest BCUT2D eigenvalue weighted by molar-refractivity contribution is 0.00608. The van der Waals surface area contributed by atoms with Crippen LogP contribution >= 0.6 is 11.6 Å². The molecule has 6 rings (SSSR count). The summed E-state index contributed by atoms with van der Waals surface area (Å²) < 4.78 is 9.00.